The van der Waals surface area contributed by atoms with E-state index in [1.54, 1.807) is 7.11 Å². The Morgan fingerprint density at radius 1 is 1.21 bits per heavy atom. The normalized spacial score (nSPS) is 16.2. The van der Waals surface area contributed by atoms with Gasteiger partial charge in [0.25, 0.3) is 0 Å². The average Bonchev–Trinajstić information content (AvgIpc) is 2.60. The quantitative estimate of drug-likeness (QED) is 0.751. The van der Waals surface area contributed by atoms with Crippen LogP contribution in [0.1, 0.15) is 32.8 Å². The molecule has 1 N–H and O–H groups in total. The first-order valence-corrected chi connectivity index (χ1v) is 8.90. The van der Waals surface area contributed by atoms with Gasteiger partial charge in [-0.05, 0) is 38.0 Å². The largest absolute Gasteiger partial charge is 0.493 e. The zero-order valence-electron chi connectivity index (χ0n) is 15.6. The summed E-state index contributed by atoms with van der Waals surface area (Å²) in [6, 6.07) is 6.14. The molecule has 5 nitrogen and oxygen atoms in total. The number of ether oxygens (including phenoxy) is 3. The summed E-state index contributed by atoms with van der Waals surface area (Å²) in [6.07, 6.45) is 0.985. The van der Waals surface area contributed by atoms with Crippen molar-refractivity contribution >= 4 is 0 Å². The molecule has 0 atom stereocenters. The SMILES string of the molecule is CCCOc1cc(CNCC(C)(C)N2CCOCC2)ccc1OC. The van der Waals surface area contributed by atoms with Crippen LogP contribution < -0.4 is 14.8 Å². The van der Waals surface area contributed by atoms with E-state index in [1.165, 1.54) is 5.56 Å². The minimum Gasteiger partial charge on any atom is -0.493 e. The molecule has 24 heavy (non-hydrogen) atoms. The average molecular weight is 336 g/mol. The second-order valence-electron chi connectivity index (χ2n) is 6.85. The molecule has 1 aliphatic rings. The van der Waals surface area contributed by atoms with Crippen molar-refractivity contribution in [2.45, 2.75) is 39.3 Å². The molecule has 0 spiro atoms. The molecule has 0 unspecified atom stereocenters. The van der Waals surface area contributed by atoms with E-state index in [9.17, 15) is 0 Å². The maximum absolute atomic E-state index is 5.79. The van der Waals surface area contributed by atoms with E-state index in [-0.39, 0.29) is 5.54 Å². The smallest absolute Gasteiger partial charge is 0.161 e. The van der Waals surface area contributed by atoms with E-state index in [2.05, 4.69) is 43.1 Å². The van der Waals surface area contributed by atoms with Crippen molar-refractivity contribution < 1.29 is 14.2 Å². The summed E-state index contributed by atoms with van der Waals surface area (Å²) >= 11 is 0. The number of benzene rings is 1. The summed E-state index contributed by atoms with van der Waals surface area (Å²) in [5.41, 5.74) is 1.33. The Kier molecular flexibility index (Phi) is 7.34. The first-order chi connectivity index (χ1) is 11.6. The second-order valence-corrected chi connectivity index (χ2v) is 6.85. The van der Waals surface area contributed by atoms with Crippen LogP contribution in [0, 0.1) is 0 Å². The fraction of sp³-hybridized carbons (Fsp3) is 0.684. The maximum atomic E-state index is 5.79. The number of morpholine rings is 1. The van der Waals surface area contributed by atoms with Gasteiger partial charge in [0, 0.05) is 31.7 Å². The van der Waals surface area contributed by atoms with Crippen molar-refractivity contribution in [1.82, 2.24) is 10.2 Å². The van der Waals surface area contributed by atoms with E-state index >= 15 is 0 Å². The van der Waals surface area contributed by atoms with Crippen molar-refractivity contribution in [3.8, 4) is 11.5 Å². The van der Waals surface area contributed by atoms with Gasteiger partial charge in [0.05, 0.1) is 26.9 Å². The highest BCUT2D eigenvalue weighted by Gasteiger charge is 2.27. The van der Waals surface area contributed by atoms with Gasteiger partial charge < -0.3 is 19.5 Å². The number of hydrogen-bond donors (Lipinski definition) is 1. The standard InChI is InChI=1S/C19H32N2O3/c1-5-10-24-18-13-16(6-7-17(18)22-4)14-20-15-19(2,3)21-8-11-23-12-9-21/h6-7,13,20H,5,8-12,14-15H2,1-4H3. The van der Waals surface area contributed by atoms with Gasteiger partial charge >= 0.3 is 0 Å². The predicted molar refractivity (Wildman–Crippen MR) is 97.0 cm³/mol. The summed E-state index contributed by atoms with van der Waals surface area (Å²) < 4.78 is 16.6. The molecule has 1 heterocycles. The van der Waals surface area contributed by atoms with E-state index < -0.39 is 0 Å². The Labute approximate surface area is 146 Å². The lowest BCUT2D eigenvalue weighted by atomic mass is 10.0. The van der Waals surface area contributed by atoms with Gasteiger partial charge in [-0.15, -0.1) is 0 Å². The summed E-state index contributed by atoms with van der Waals surface area (Å²) in [4.78, 5) is 2.49. The number of rotatable bonds is 9. The van der Waals surface area contributed by atoms with Crippen LogP contribution in [0.4, 0.5) is 0 Å². The molecule has 1 saturated heterocycles. The van der Waals surface area contributed by atoms with Gasteiger partial charge in [-0.2, -0.15) is 0 Å². The van der Waals surface area contributed by atoms with Crippen LogP contribution >= 0.6 is 0 Å². The van der Waals surface area contributed by atoms with E-state index in [0.29, 0.717) is 6.61 Å². The number of methoxy groups -OCH3 is 1. The van der Waals surface area contributed by atoms with Gasteiger partial charge in [0.1, 0.15) is 0 Å². The molecule has 1 fully saturated rings. The second kappa shape index (κ2) is 9.25. The monoisotopic (exact) mass is 336 g/mol. The van der Waals surface area contributed by atoms with Crippen LogP contribution in [0.25, 0.3) is 0 Å². The van der Waals surface area contributed by atoms with Gasteiger partial charge in [-0.3, -0.25) is 4.90 Å². The van der Waals surface area contributed by atoms with Crippen LogP contribution in [0.15, 0.2) is 18.2 Å². The molecule has 5 heteroatoms. The highest BCUT2D eigenvalue weighted by molar-refractivity contribution is 5.42. The molecule has 0 aliphatic carbocycles. The molecule has 1 aromatic rings. The molecule has 0 bridgehead atoms. The Bertz CT molecular complexity index is 499. The van der Waals surface area contributed by atoms with E-state index in [1.807, 2.05) is 6.07 Å². The summed E-state index contributed by atoms with van der Waals surface area (Å²) in [6.45, 7) is 12.8. The highest BCUT2D eigenvalue weighted by Crippen LogP contribution is 2.28. The Hall–Kier alpha value is -1.30. The van der Waals surface area contributed by atoms with E-state index in [4.69, 9.17) is 14.2 Å². The molecule has 1 aromatic carbocycles. The van der Waals surface area contributed by atoms with Crippen LogP contribution in [-0.4, -0.2) is 57.0 Å². The molecular weight excluding hydrogens is 304 g/mol. The van der Waals surface area contributed by atoms with Gasteiger partial charge in [0.15, 0.2) is 11.5 Å². The number of hydrogen-bond acceptors (Lipinski definition) is 5. The van der Waals surface area contributed by atoms with Crippen molar-refractivity contribution in [3.63, 3.8) is 0 Å². The van der Waals surface area contributed by atoms with Crippen molar-refractivity contribution in [1.29, 1.82) is 0 Å². The van der Waals surface area contributed by atoms with E-state index in [0.717, 1.165) is 57.3 Å². The summed E-state index contributed by atoms with van der Waals surface area (Å²) in [5.74, 6) is 1.62. The highest BCUT2D eigenvalue weighted by atomic mass is 16.5. The fourth-order valence-electron chi connectivity index (χ4n) is 2.95. The Morgan fingerprint density at radius 3 is 2.62 bits per heavy atom. The number of nitrogens with zero attached hydrogens (tertiary/aromatic N) is 1. The zero-order valence-corrected chi connectivity index (χ0v) is 15.6. The van der Waals surface area contributed by atoms with Crippen molar-refractivity contribution in [2.75, 3.05) is 46.6 Å². The lowest BCUT2D eigenvalue weighted by Gasteiger charge is -2.41. The van der Waals surface area contributed by atoms with Gasteiger partial charge in [-0.1, -0.05) is 13.0 Å². The molecule has 136 valence electrons. The van der Waals surface area contributed by atoms with Gasteiger partial charge in [-0.25, -0.2) is 0 Å². The van der Waals surface area contributed by atoms with Crippen LogP contribution in [-0.2, 0) is 11.3 Å². The Morgan fingerprint density at radius 2 is 1.96 bits per heavy atom. The van der Waals surface area contributed by atoms with Crippen LogP contribution in [0.3, 0.4) is 0 Å². The predicted octanol–water partition coefficient (Wildman–Crippen LogP) is 2.68. The maximum Gasteiger partial charge on any atom is 0.161 e. The fourth-order valence-corrected chi connectivity index (χ4v) is 2.95. The third kappa shape index (κ3) is 5.36. The van der Waals surface area contributed by atoms with Gasteiger partial charge in [0.2, 0.25) is 0 Å². The van der Waals surface area contributed by atoms with Crippen LogP contribution in [0.2, 0.25) is 0 Å². The summed E-state index contributed by atoms with van der Waals surface area (Å²) in [7, 11) is 1.68. The molecule has 0 aromatic heterocycles. The minimum absolute atomic E-state index is 0.123. The third-order valence-electron chi connectivity index (χ3n) is 4.44. The first-order valence-electron chi connectivity index (χ1n) is 8.90. The zero-order chi connectivity index (χ0) is 17.4. The lowest BCUT2D eigenvalue weighted by molar-refractivity contribution is -0.00967. The summed E-state index contributed by atoms with van der Waals surface area (Å²) in [5, 5.41) is 3.58. The lowest BCUT2D eigenvalue weighted by Crippen LogP contribution is -2.54. The molecule has 0 amide bonds. The van der Waals surface area contributed by atoms with Crippen LogP contribution in [0.5, 0.6) is 11.5 Å². The first kappa shape index (κ1) is 19.0. The molecule has 2 rings (SSSR count). The third-order valence-corrected chi connectivity index (χ3v) is 4.44. The molecular formula is C19H32N2O3. The number of nitrogens with one attached hydrogen (secondary N) is 1. The minimum atomic E-state index is 0.123. The Balaban J connectivity index is 1.88. The molecule has 0 saturated carbocycles. The molecule has 0 radical (unpaired) electrons. The topological polar surface area (TPSA) is 43.0 Å². The van der Waals surface area contributed by atoms with Crippen molar-refractivity contribution in [3.05, 3.63) is 23.8 Å². The van der Waals surface area contributed by atoms with Crippen molar-refractivity contribution in [2.24, 2.45) is 0 Å². The molecule has 1 aliphatic heterocycles.